The van der Waals surface area contributed by atoms with Crippen LogP contribution >= 0.6 is 0 Å². The van der Waals surface area contributed by atoms with Crippen molar-refractivity contribution in [1.82, 2.24) is 15.5 Å². The number of aliphatic hydroxyl groups excluding tert-OH is 1. The van der Waals surface area contributed by atoms with E-state index >= 15 is 0 Å². The summed E-state index contributed by atoms with van der Waals surface area (Å²) in [6.45, 7) is 8.09. The summed E-state index contributed by atoms with van der Waals surface area (Å²) >= 11 is 0. The highest BCUT2D eigenvalue weighted by atomic mass is 16.6. The second-order valence-electron chi connectivity index (χ2n) is 11.7. The lowest BCUT2D eigenvalue weighted by Crippen LogP contribution is -2.38. The first-order chi connectivity index (χ1) is 20.7. The molecule has 1 aliphatic carbocycles. The van der Waals surface area contributed by atoms with Crippen LogP contribution < -0.4 is 16.4 Å². The van der Waals surface area contributed by atoms with E-state index < -0.39 is 53.9 Å². The highest BCUT2D eigenvalue weighted by molar-refractivity contribution is 6.23. The molecule has 2 bridgehead atoms. The molecule has 12 heteroatoms. The predicted octanol–water partition coefficient (Wildman–Crippen LogP) is 1.91. The number of allylic oxidation sites excluding steroid dienone is 4. The summed E-state index contributed by atoms with van der Waals surface area (Å²) in [5, 5.41) is 17.0. The number of nitrogens with one attached hydrogen (secondary N) is 2. The third kappa shape index (κ3) is 10.3. The standard InChI is InChI=1S/C32H48N4O8/c1-18-14-22-27(34-12-13-36(5)6)24(37)17-23(29(22)39)35-31(40)19(2)10-9-11-25(42-7)30(44-32(33)41)21(4)16-20(3)28(38)26(15-18)43-8/h9-11,16-18,20,25-26,28,30,34,38H,12-15H2,1-8H3,(H2,33,41)(H,35,40)/b11-9-,19-10+,21-16+/t18-,20+,25+,26-,28+,30+/m1/s1. The summed E-state index contributed by atoms with van der Waals surface area (Å²) in [6.07, 6.45) is 3.88. The predicted molar refractivity (Wildman–Crippen MR) is 166 cm³/mol. The first kappa shape index (κ1) is 36.6. The van der Waals surface area contributed by atoms with Gasteiger partial charge in [0.15, 0.2) is 6.10 Å². The van der Waals surface area contributed by atoms with E-state index in [2.05, 4.69) is 10.6 Å². The van der Waals surface area contributed by atoms with E-state index in [-0.39, 0.29) is 34.9 Å². The molecule has 6 atom stereocenters. The quantitative estimate of drug-likeness (QED) is 0.245. The van der Waals surface area contributed by atoms with Crippen LogP contribution in [0.15, 0.2) is 58.5 Å². The van der Waals surface area contributed by atoms with Gasteiger partial charge in [-0.05, 0) is 52.3 Å². The lowest BCUT2D eigenvalue weighted by atomic mass is 9.85. The summed E-state index contributed by atoms with van der Waals surface area (Å²) < 4.78 is 16.6. The van der Waals surface area contributed by atoms with Gasteiger partial charge in [-0.25, -0.2) is 4.79 Å². The van der Waals surface area contributed by atoms with Gasteiger partial charge in [0.1, 0.15) is 6.10 Å². The summed E-state index contributed by atoms with van der Waals surface area (Å²) in [4.78, 5) is 53.7. The van der Waals surface area contributed by atoms with Gasteiger partial charge in [-0.15, -0.1) is 0 Å². The number of methoxy groups -OCH3 is 2. The molecule has 1 aliphatic heterocycles. The second kappa shape index (κ2) is 17.0. The van der Waals surface area contributed by atoms with Crippen LogP contribution in [0.25, 0.3) is 0 Å². The number of aliphatic hydroxyl groups is 1. The van der Waals surface area contributed by atoms with Gasteiger partial charge in [-0.3, -0.25) is 14.4 Å². The molecule has 5 N–H and O–H groups in total. The monoisotopic (exact) mass is 616 g/mol. The van der Waals surface area contributed by atoms with Crippen LogP contribution in [0.3, 0.4) is 0 Å². The third-order valence-corrected chi connectivity index (χ3v) is 7.65. The molecule has 0 spiro atoms. The van der Waals surface area contributed by atoms with Crippen LogP contribution in [0.5, 0.6) is 0 Å². The van der Waals surface area contributed by atoms with E-state index in [1.165, 1.54) is 20.3 Å². The Balaban J connectivity index is 2.60. The van der Waals surface area contributed by atoms with Crippen LogP contribution in [0.1, 0.15) is 40.5 Å². The van der Waals surface area contributed by atoms with Gasteiger partial charge in [-0.2, -0.15) is 0 Å². The molecular formula is C32H48N4O8. The fourth-order valence-corrected chi connectivity index (χ4v) is 5.18. The smallest absolute Gasteiger partial charge is 0.405 e. The number of carbonyl (C=O) groups is 4. The van der Waals surface area contributed by atoms with E-state index in [0.717, 1.165) is 6.08 Å². The number of hydrogen-bond acceptors (Lipinski definition) is 10. The zero-order chi connectivity index (χ0) is 33.1. The summed E-state index contributed by atoms with van der Waals surface area (Å²) in [7, 11) is 6.74. The highest BCUT2D eigenvalue weighted by Crippen LogP contribution is 2.28. The van der Waals surface area contributed by atoms with Crippen LogP contribution in [0, 0.1) is 11.8 Å². The van der Waals surface area contributed by atoms with Gasteiger partial charge in [0, 0.05) is 50.4 Å². The first-order valence-corrected chi connectivity index (χ1v) is 14.7. The van der Waals surface area contributed by atoms with Crippen molar-refractivity contribution in [3.05, 3.63) is 58.5 Å². The average Bonchev–Trinajstić information content (AvgIpc) is 2.95. The topological polar surface area (TPSA) is 170 Å². The number of primary amides is 1. The maximum absolute atomic E-state index is 13.7. The number of amides is 2. The Bertz CT molecular complexity index is 1230. The molecule has 0 saturated carbocycles. The molecule has 2 aliphatic rings. The lowest BCUT2D eigenvalue weighted by Gasteiger charge is -2.30. The summed E-state index contributed by atoms with van der Waals surface area (Å²) in [5.41, 5.74) is 6.55. The third-order valence-electron chi connectivity index (χ3n) is 7.65. The van der Waals surface area contributed by atoms with Crippen molar-refractivity contribution < 1.29 is 38.5 Å². The van der Waals surface area contributed by atoms with Crippen molar-refractivity contribution in [3.8, 4) is 0 Å². The molecule has 0 aromatic carbocycles. The minimum absolute atomic E-state index is 0.114. The van der Waals surface area contributed by atoms with E-state index in [1.54, 1.807) is 32.1 Å². The second-order valence-corrected chi connectivity index (χ2v) is 11.7. The zero-order valence-corrected chi connectivity index (χ0v) is 27.0. The maximum Gasteiger partial charge on any atom is 0.405 e. The molecule has 44 heavy (non-hydrogen) atoms. The number of likely N-dealkylation sites (N-methyl/N-ethyl adjacent to an activating group) is 1. The van der Waals surface area contributed by atoms with Crippen molar-refractivity contribution in [2.75, 3.05) is 41.4 Å². The molecule has 0 aromatic heterocycles. The average molecular weight is 617 g/mol. The number of hydrogen-bond donors (Lipinski definition) is 4. The Hall–Kier alpha value is -3.58. The lowest BCUT2D eigenvalue weighted by molar-refractivity contribution is -0.120. The molecular weight excluding hydrogens is 568 g/mol. The van der Waals surface area contributed by atoms with E-state index in [9.17, 15) is 24.3 Å². The Morgan fingerprint density at radius 2 is 1.84 bits per heavy atom. The fraction of sp³-hybridized carbons (Fsp3) is 0.562. The number of Topliss-reactive ketones (excluding diaryl/α,β-unsaturated/α-hetero) is 1. The highest BCUT2D eigenvalue weighted by Gasteiger charge is 2.33. The Morgan fingerprint density at radius 1 is 1.16 bits per heavy atom. The minimum atomic E-state index is -0.997. The van der Waals surface area contributed by atoms with Gasteiger partial charge in [0.2, 0.25) is 11.6 Å². The molecule has 0 unspecified atom stereocenters. The van der Waals surface area contributed by atoms with Crippen molar-refractivity contribution in [2.45, 2.75) is 65.0 Å². The Labute approximate surface area is 260 Å². The molecule has 12 nitrogen and oxygen atoms in total. The van der Waals surface area contributed by atoms with Gasteiger partial charge in [0.25, 0.3) is 5.91 Å². The van der Waals surface area contributed by atoms with E-state index in [0.29, 0.717) is 25.1 Å². The SMILES string of the molecule is CO[C@H]1/C=C\C=C(/C)C(=O)NC2=CC(=O)C(NCCN(C)C)=C(C[C@@H](C)C[C@@H](OC)[C@@H](O)[C@@H](C)/C=C(\C)[C@@H]1OC(N)=O)C2=O. The number of ketones is 2. The van der Waals surface area contributed by atoms with Crippen LogP contribution in [-0.2, 0) is 28.6 Å². The van der Waals surface area contributed by atoms with Gasteiger partial charge in [0.05, 0.1) is 23.6 Å². The Kier molecular flexibility index (Phi) is 14.2. The minimum Gasteiger partial charge on any atom is -0.439 e. The molecule has 2 rings (SSSR count). The normalized spacial score (nSPS) is 31.0. The van der Waals surface area contributed by atoms with E-state index in [4.69, 9.17) is 19.9 Å². The van der Waals surface area contributed by atoms with Crippen LogP contribution in [0.4, 0.5) is 4.79 Å². The number of nitrogens with two attached hydrogens (primary N) is 1. The summed E-state index contributed by atoms with van der Waals surface area (Å²) in [5.74, 6) is -2.06. The van der Waals surface area contributed by atoms with Crippen molar-refractivity contribution in [2.24, 2.45) is 17.6 Å². The molecule has 244 valence electrons. The largest absolute Gasteiger partial charge is 0.439 e. The first-order valence-electron chi connectivity index (χ1n) is 14.7. The molecule has 0 aromatic rings. The number of fused-ring (bicyclic) bond motifs is 2. The van der Waals surface area contributed by atoms with Gasteiger partial charge in [-0.1, -0.05) is 38.2 Å². The van der Waals surface area contributed by atoms with Gasteiger partial charge >= 0.3 is 6.09 Å². The van der Waals surface area contributed by atoms with Crippen LogP contribution in [0.2, 0.25) is 0 Å². The van der Waals surface area contributed by atoms with Crippen molar-refractivity contribution in [3.63, 3.8) is 0 Å². The van der Waals surface area contributed by atoms with Gasteiger partial charge < -0.3 is 40.6 Å². The number of rotatable bonds is 7. The molecule has 2 amide bonds. The molecule has 0 saturated heterocycles. The maximum atomic E-state index is 13.7. The van der Waals surface area contributed by atoms with Crippen molar-refractivity contribution in [1.29, 1.82) is 0 Å². The Morgan fingerprint density at radius 3 is 2.43 bits per heavy atom. The van der Waals surface area contributed by atoms with E-state index in [1.807, 2.05) is 32.8 Å². The molecule has 0 radical (unpaired) electrons. The summed E-state index contributed by atoms with van der Waals surface area (Å²) in [6, 6.07) is 0. The fourth-order valence-electron chi connectivity index (χ4n) is 5.18. The van der Waals surface area contributed by atoms with Crippen LogP contribution in [-0.4, -0.2) is 99.4 Å². The zero-order valence-electron chi connectivity index (χ0n) is 27.0. The number of ether oxygens (including phenoxy) is 3. The number of nitrogens with zero attached hydrogens (tertiary/aromatic N) is 1. The van der Waals surface area contributed by atoms with Crippen molar-refractivity contribution >= 4 is 23.6 Å². The number of carbonyl (C=O) groups excluding carboxylic acids is 4. The molecule has 1 heterocycles. The molecule has 0 fully saturated rings.